The molecule has 0 aliphatic rings. The Morgan fingerprint density at radius 1 is 0.585 bits per heavy atom. The van der Waals surface area contributed by atoms with Gasteiger partial charge in [-0.15, -0.1) is 11.3 Å². The molecule has 41 heavy (non-hydrogen) atoms. The second-order valence-corrected chi connectivity index (χ2v) is 13.2. The van der Waals surface area contributed by atoms with E-state index < -0.39 is 0 Å². The predicted octanol–water partition coefficient (Wildman–Crippen LogP) is 13.4. The van der Waals surface area contributed by atoms with E-state index in [0.29, 0.717) is 0 Å². The monoisotopic (exact) mass is 584 g/mol. The largest absolute Gasteiger partial charge is 0.135 e. The van der Waals surface area contributed by atoms with Crippen LogP contribution < -0.4 is 0 Å². The van der Waals surface area contributed by atoms with E-state index in [-0.39, 0.29) is 0 Å². The van der Waals surface area contributed by atoms with Crippen LogP contribution in [0.4, 0.5) is 0 Å². The van der Waals surface area contributed by atoms with Crippen molar-refractivity contribution >= 4 is 45.2 Å². The van der Waals surface area contributed by atoms with Gasteiger partial charge in [-0.05, 0) is 95.5 Å². The summed E-state index contributed by atoms with van der Waals surface area (Å²) in [6.45, 7) is 6.89. The molecule has 0 nitrogen and oxygen atoms in total. The van der Waals surface area contributed by atoms with Crippen LogP contribution in [-0.4, -0.2) is 0 Å². The molecule has 2 heteroatoms. The number of aryl methyl sites for hydroxylation is 3. The van der Waals surface area contributed by atoms with Crippen LogP contribution in [0.2, 0.25) is 5.02 Å². The fraction of sp³-hybridized carbons (Fsp3) is 0.436. The van der Waals surface area contributed by atoms with Gasteiger partial charge in [-0.25, -0.2) is 0 Å². The molecule has 0 atom stereocenters. The first-order valence-electron chi connectivity index (χ1n) is 16.2. The molecule has 0 amide bonds. The molecule has 0 saturated heterocycles. The second-order valence-electron chi connectivity index (χ2n) is 11.7. The molecule has 0 aliphatic heterocycles. The van der Waals surface area contributed by atoms with Gasteiger partial charge in [-0.2, -0.15) is 0 Å². The van der Waals surface area contributed by atoms with Crippen molar-refractivity contribution in [2.75, 3.05) is 0 Å². The topological polar surface area (TPSA) is 0 Å². The van der Waals surface area contributed by atoms with Gasteiger partial charge in [0.05, 0.1) is 0 Å². The molecule has 0 radical (unpaired) electrons. The minimum absolute atomic E-state index is 0.778. The van der Waals surface area contributed by atoms with E-state index in [1.54, 1.807) is 5.56 Å². The number of fused-ring (bicyclic) bond motifs is 1. The highest BCUT2D eigenvalue weighted by Crippen LogP contribution is 2.39. The first-order chi connectivity index (χ1) is 20.1. The second kappa shape index (κ2) is 16.9. The minimum atomic E-state index is 0.778. The summed E-state index contributed by atoms with van der Waals surface area (Å²) in [6.07, 6.45) is 22.3. The zero-order chi connectivity index (χ0) is 28.9. The third-order valence-electron chi connectivity index (χ3n) is 8.15. The summed E-state index contributed by atoms with van der Waals surface area (Å²) in [7, 11) is 0. The molecule has 1 aromatic heterocycles. The average molecular weight is 585 g/mol. The van der Waals surface area contributed by atoms with Gasteiger partial charge in [0.2, 0.25) is 0 Å². The highest BCUT2D eigenvalue weighted by Gasteiger charge is 2.14. The van der Waals surface area contributed by atoms with Crippen molar-refractivity contribution in [2.24, 2.45) is 0 Å². The number of thiophene rings is 1. The molecule has 4 aromatic rings. The Morgan fingerprint density at radius 3 is 1.93 bits per heavy atom. The first kappa shape index (κ1) is 31.6. The molecule has 0 saturated carbocycles. The normalized spacial score (nSPS) is 11.7. The SMILES string of the molecule is CCCCCCc1cc(CCCCCC)c2sc(-c3ccc(C=Cc4ccc(Cl)cc4)cc3CCCCC)cc2c1. The van der Waals surface area contributed by atoms with Gasteiger partial charge in [0.15, 0.2) is 0 Å². The maximum absolute atomic E-state index is 6.08. The number of halogens is 1. The van der Waals surface area contributed by atoms with E-state index in [4.69, 9.17) is 11.6 Å². The van der Waals surface area contributed by atoms with Gasteiger partial charge in [0, 0.05) is 14.6 Å². The summed E-state index contributed by atoms with van der Waals surface area (Å²) in [5, 5.41) is 2.23. The Morgan fingerprint density at radius 2 is 1.20 bits per heavy atom. The van der Waals surface area contributed by atoms with Crippen molar-refractivity contribution in [2.45, 2.75) is 111 Å². The van der Waals surface area contributed by atoms with Crippen LogP contribution in [-0.2, 0) is 19.3 Å². The van der Waals surface area contributed by atoms with Crippen LogP contribution in [0.15, 0.2) is 60.7 Å². The molecular formula is C39H49ClS. The molecule has 0 N–H and O–H groups in total. The maximum atomic E-state index is 6.08. The fourth-order valence-corrected chi connectivity index (χ4v) is 7.12. The summed E-state index contributed by atoms with van der Waals surface area (Å²) >= 11 is 8.10. The molecular weight excluding hydrogens is 536 g/mol. The van der Waals surface area contributed by atoms with E-state index >= 15 is 0 Å². The Labute approximate surface area is 258 Å². The molecule has 0 fully saturated rings. The van der Waals surface area contributed by atoms with E-state index in [1.165, 1.54) is 126 Å². The lowest BCUT2D eigenvalue weighted by Crippen LogP contribution is -1.92. The summed E-state index contributed by atoms with van der Waals surface area (Å²) in [5.74, 6) is 0. The summed E-state index contributed by atoms with van der Waals surface area (Å²) in [6, 6.07) is 22.7. The lowest BCUT2D eigenvalue weighted by molar-refractivity contribution is 0.662. The van der Waals surface area contributed by atoms with Gasteiger partial charge < -0.3 is 0 Å². The quantitative estimate of drug-likeness (QED) is 0.0854. The Kier molecular flexibility index (Phi) is 13.0. The lowest BCUT2D eigenvalue weighted by Gasteiger charge is -2.10. The van der Waals surface area contributed by atoms with Crippen molar-refractivity contribution in [3.63, 3.8) is 0 Å². The number of unbranched alkanes of at least 4 members (excludes halogenated alkanes) is 8. The van der Waals surface area contributed by atoms with Crippen LogP contribution in [0, 0.1) is 0 Å². The highest BCUT2D eigenvalue weighted by molar-refractivity contribution is 7.22. The standard InChI is InChI=1S/C39H49ClS/c1-4-7-10-13-15-32-27-34(17-14-11-8-5-2)39-35(28-32)29-38(41-39)37-25-22-31(26-33(37)16-12-9-6-3)19-18-30-20-23-36(40)24-21-30/h18-29H,4-17H2,1-3H3. The minimum Gasteiger partial charge on any atom is -0.135 e. The number of benzene rings is 3. The van der Waals surface area contributed by atoms with Gasteiger partial charge in [0.1, 0.15) is 0 Å². The summed E-state index contributed by atoms with van der Waals surface area (Å²) in [4.78, 5) is 1.43. The zero-order valence-corrected chi connectivity index (χ0v) is 27.2. The average Bonchev–Trinajstić information content (AvgIpc) is 3.42. The third-order valence-corrected chi connectivity index (χ3v) is 9.67. The molecule has 0 aliphatic carbocycles. The Hall–Kier alpha value is -2.35. The molecule has 0 bridgehead atoms. The molecule has 4 rings (SSSR count). The van der Waals surface area contributed by atoms with Crippen molar-refractivity contribution in [1.82, 2.24) is 0 Å². The van der Waals surface area contributed by atoms with Crippen LogP contribution in [0.5, 0.6) is 0 Å². The van der Waals surface area contributed by atoms with Crippen molar-refractivity contribution in [1.29, 1.82) is 0 Å². The smallest absolute Gasteiger partial charge is 0.0406 e. The van der Waals surface area contributed by atoms with E-state index in [9.17, 15) is 0 Å². The lowest BCUT2D eigenvalue weighted by atomic mass is 9.96. The van der Waals surface area contributed by atoms with Gasteiger partial charge in [0.25, 0.3) is 0 Å². The fourth-order valence-electron chi connectivity index (χ4n) is 5.75. The van der Waals surface area contributed by atoms with Crippen molar-refractivity contribution in [3.8, 4) is 10.4 Å². The van der Waals surface area contributed by atoms with Gasteiger partial charge >= 0.3 is 0 Å². The van der Waals surface area contributed by atoms with Crippen LogP contribution in [0.25, 0.3) is 32.7 Å². The van der Waals surface area contributed by atoms with Crippen LogP contribution >= 0.6 is 22.9 Å². The van der Waals surface area contributed by atoms with Crippen LogP contribution in [0.3, 0.4) is 0 Å². The number of hydrogen-bond donors (Lipinski definition) is 0. The highest BCUT2D eigenvalue weighted by atomic mass is 35.5. The van der Waals surface area contributed by atoms with Crippen molar-refractivity contribution < 1.29 is 0 Å². The molecule has 218 valence electrons. The van der Waals surface area contributed by atoms with E-state index in [1.807, 2.05) is 23.5 Å². The zero-order valence-electron chi connectivity index (χ0n) is 25.6. The van der Waals surface area contributed by atoms with Gasteiger partial charge in [-0.3, -0.25) is 0 Å². The Bertz CT molecular complexity index is 1370. The third kappa shape index (κ3) is 9.59. The maximum Gasteiger partial charge on any atom is 0.0406 e. The van der Waals surface area contributed by atoms with Crippen molar-refractivity contribution in [3.05, 3.63) is 93.5 Å². The predicted molar refractivity (Wildman–Crippen MR) is 187 cm³/mol. The van der Waals surface area contributed by atoms with Crippen LogP contribution in [0.1, 0.15) is 119 Å². The molecule has 3 aromatic carbocycles. The Balaban J connectivity index is 1.65. The number of rotatable bonds is 17. The number of hydrogen-bond acceptors (Lipinski definition) is 1. The van der Waals surface area contributed by atoms with E-state index in [0.717, 1.165) is 11.4 Å². The molecule has 0 unspecified atom stereocenters. The molecule has 0 spiro atoms. The summed E-state index contributed by atoms with van der Waals surface area (Å²) in [5.41, 5.74) is 8.46. The first-order valence-corrected chi connectivity index (χ1v) is 17.4. The van der Waals surface area contributed by atoms with E-state index in [2.05, 4.69) is 81.5 Å². The molecule has 1 heterocycles. The summed E-state index contributed by atoms with van der Waals surface area (Å²) < 4.78 is 1.51. The van der Waals surface area contributed by atoms with Gasteiger partial charge in [-0.1, -0.05) is 138 Å².